The van der Waals surface area contributed by atoms with Crippen LogP contribution in [0, 0.1) is 6.92 Å². The van der Waals surface area contributed by atoms with E-state index in [9.17, 15) is 0 Å². The van der Waals surface area contributed by atoms with Gasteiger partial charge in [-0.1, -0.05) is 88.2 Å². The summed E-state index contributed by atoms with van der Waals surface area (Å²) in [4.78, 5) is 2.18. The van der Waals surface area contributed by atoms with E-state index in [1.54, 1.807) is 0 Å². The number of rotatable bonds is 5. The minimum absolute atomic E-state index is 0.914. The van der Waals surface area contributed by atoms with Gasteiger partial charge in [-0.25, -0.2) is 0 Å². The van der Waals surface area contributed by atoms with Gasteiger partial charge < -0.3 is 4.90 Å². The van der Waals surface area contributed by atoms with Crippen LogP contribution in [0.5, 0.6) is 0 Å². The van der Waals surface area contributed by atoms with E-state index in [0.29, 0.717) is 0 Å². The molecule has 0 saturated heterocycles. The van der Waals surface area contributed by atoms with Crippen molar-refractivity contribution in [2.75, 3.05) is 20.6 Å². The lowest BCUT2D eigenvalue weighted by atomic mass is 9.94. The summed E-state index contributed by atoms with van der Waals surface area (Å²) in [6.45, 7) is 3.04. The highest BCUT2D eigenvalue weighted by atomic mass is 79.9. The monoisotopic (exact) mass is 405 g/mol. The lowest BCUT2D eigenvalue weighted by Crippen LogP contribution is -2.11. The third kappa shape index (κ3) is 4.72. The van der Waals surface area contributed by atoms with Crippen LogP contribution >= 0.6 is 15.9 Å². The van der Waals surface area contributed by atoms with Gasteiger partial charge in [0.05, 0.1) is 0 Å². The van der Waals surface area contributed by atoms with Crippen LogP contribution in [0.2, 0.25) is 0 Å². The molecule has 0 heterocycles. The molecule has 3 rings (SSSR count). The second-order valence-corrected chi connectivity index (χ2v) is 7.75. The molecule has 132 valence electrons. The molecule has 0 unspecified atom stereocenters. The van der Waals surface area contributed by atoms with Crippen molar-refractivity contribution in [1.82, 2.24) is 4.90 Å². The van der Waals surface area contributed by atoms with Crippen molar-refractivity contribution >= 4 is 21.5 Å². The van der Waals surface area contributed by atoms with E-state index in [0.717, 1.165) is 11.0 Å². The number of aryl methyl sites for hydroxylation is 1. The molecule has 0 fully saturated rings. The fourth-order valence-electron chi connectivity index (χ4n) is 2.89. The van der Waals surface area contributed by atoms with Gasteiger partial charge >= 0.3 is 0 Å². The van der Waals surface area contributed by atoms with Crippen molar-refractivity contribution < 1.29 is 0 Å². The summed E-state index contributed by atoms with van der Waals surface area (Å²) < 4.78 is 1.10. The Bertz CT molecular complexity index is 873. The van der Waals surface area contributed by atoms with Crippen molar-refractivity contribution in [2.45, 2.75) is 6.92 Å². The third-order valence-electron chi connectivity index (χ3n) is 4.40. The second kappa shape index (κ2) is 8.48. The molecule has 0 aliphatic carbocycles. The average Bonchev–Trinajstić information content (AvgIpc) is 2.64. The van der Waals surface area contributed by atoms with E-state index < -0.39 is 0 Å². The summed E-state index contributed by atoms with van der Waals surface area (Å²) in [7, 11) is 4.19. The van der Waals surface area contributed by atoms with Gasteiger partial charge in [-0.2, -0.15) is 0 Å². The summed E-state index contributed by atoms with van der Waals surface area (Å²) >= 11 is 3.50. The van der Waals surface area contributed by atoms with Crippen LogP contribution in [0.25, 0.3) is 16.7 Å². The number of nitrogens with zero attached hydrogens (tertiary/aromatic N) is 1. The van der Waals surface area contributed by atoms with Gasteiger partial charge in [0.2, 0.25) is 0 Å². The number of hydrogen-bond acceptors (Lipinski definition) is 1. The summed E-state index contributed by atoms with van der Waals surface area (Å²) in [6.07, 6.45) is 2.30. The Balaban J connectivity index is 1.94. The Kier molecular flexibility index (Phi) is 6.08. The summed E-state index contributed by atoms with van der Waals surface area (Å²) in [5.74, 6) is 0. The van der Waals surface area contributed by atoms with Gasteiger partial charge in [0, 0.05) is 11.0 Å². The highest BCUT2D eigenvalue weighted by molar-refractivity contribution is 9.10. The Morgan fingerprint density at radius 3 is 1.73 bits per heavy atom. The lowest BCUT2D eigenvalue weighted by Gasteiger charge is -2.13. The molecule has 0 N–H and O–H groups in total. The topological polar surface area (TPSA) is 3.24 Å². The van der Waals surface area contributed by atoms with E-state index in [4.69, 9.17) is 0 Å². The first-order chi connectivity index (χ1) is 12.5. The van der Waals surface area contributed by atoms with Crippen LogP contribution in [0.4, 0.5) is 0 Å². The van der Waals surface area contributed by atoms with E-state index in [-0.39, 0.29) is 0 Å². The molecule has 0 atom stereocenters. The van der Waals surface area contributed by atoms with Gasteiger partial charge in [-0.3, -0.25) is 0 Å². The first kappa shape index (κ1) is 18.6. The number of benzene rings is 3. The van der Waals surface area contributed by atoms with Crippen molar-refractivity contribution in [3.05, 3.63) is 100 Å². The molecule has 3 aromatic carbocycles. The summed E-state index contributed by atoms with van der Waals surface area (Å²) in [5.41, 5.74) is 7.53. The highest BCUT2D eigenvalue weighted by Gasteiger charge is 2.06. The van der Waals surface area contributed by atoms with Crippen LogP contribution in [0.15, 0.2) is 83.3 Å². The molecule has 0 amide bonds. The standard InChI is InChI=1S/C24H24BrN/c1-18-4-6-21(7-5-18)24(16-17-26(2)3)22-10-8-19(9-11-22)20-12-14-23(25)15-13-20/h4-16H,17H2,1-3H3/b24-16-. The summed E-state index contributed by atoms with van der Waals surface area (Å²) in [5, 5.41) is 0. The van der Waals surface area contributed by atoms with Crippen LogP contribution < -0.4 is 0 Å². The summed E-state index contributed by atoms with van der Waals surface area (Å²) in [6, 6.07) is 26.1. The van der Waals surface area contributed by atoms with Gasteiger partial charge in [-0.05, 0) is 61.0 Å². The van der Waals surface area contributed by atoms with E-state index in [1.807, 2.05) is 0 Å². The van der Waals surface area contributed by atoms with Crippen molar-refractivity contribution in [3.63, 3.8) is 0 Å². The second-order valence-electron chi connectivity index (χ2n) is 6.83. The largest absolute Gasteiger partial charge is 0.306 e. The van der Waals surface area contributed by atoms with Gasteiger partial charge in [0.25, 0.3) is 0 Å². The maximum atomic E-state index is 3.50. The predicted octanol–water partition coefficient (Wildman–Crippen LogP) is 6.42. The van der Waals surface area contributed by atoms with Gasteiger partial charge in [-0.15, -0.1) is 0 Å². The van der Waals surface area contributed by atoms with Crippen molar-refractivity contribution in [2.24, 2.45) is 0 Å². The molecule has 0 aliphatic heterocycles. The zero-order valence-corrected chi connectivity index (χ0v) is 17.1. The Morgan fingerprint density at radius 2 is 1.23 bits per heavy atom. The molecular formula is C24H24BrN. The maximum absolute atomic E-state index is 3.50. The van der Waals surface area contributed by atoms with E-state index >= 15 is 0 Å². The molecule has 0 radical (unpaired) electrons. The first-order valence-electron chi connectivity index (χ1n) is 8.81. The van der Waals surface area contributed by atoms with Crippen molar-refractivity contribution in [1.29, 1.82) is 0 Å². The molecule has 0 aliphatic rings. The number of halogens is 1. The SMILES string of the molecule is Cc1ccc(/C(=C/CN(C)C)c2ccc(-c3ccc(Br)cc3)cc2)cc1. The molecular weight excluding hydrogens is 382 g/mol. The van der Waals surface area contributed by atoms with E-state index in [1.165, 1.54) is 33.4 Å². The van der Waals surface area contributed by atoms with Gasteiger partial charge in [0.15, 0.2) is 0 Å². The normalized spacial score (nSPS) is 11.8. The molecule has 0 bridgehead atoms. The van der Waals surface area contributed by atoms with Crippen LogP contribution in [0.1, 0.15) is 16.7 Å². The number of likely N-dealkylation sites (N-methyl/N-ethyl adjacent to an activating group) is 1. The van der Waals surface area contributed by atoms with Crippen LogP contribution in [0.3, 0.4) is 0 Å². The Hall–Kier alpha value is -2.16. The van der Waals surface area contributed by atoms with Crippen molar-refractivity contribution in [3.8, 4) is 11.1 Å². The fraction of sp³-hybridized carbons (Fsp3) is 0.167. The highest BCUT2D eigenvalue weighted by Crippen LogP contribution is 2.27. The average molecular weight is 406 g/mol. The van der Waals surface area contributed by atoms with Gasteiger partial charge in [0.1, 0.15) is 0 Å². The fourth-order valence-corrected chi connectivity index (χ4v) is 3.16. The number of hydrogen-bond donors (Lipinski definition) is 0. The Labute approximate surface area is 165 Å². The smallest absolute Gasteiger partial charge is 0.0175 e. The predicted molar refractivity (Wildman–Crippen MR) is 116 cm³/mol. The van der Waals surface area contributed by atoms with Crippen LogP contribution in [-0.4, -0.2) is 25.5 Å². The molecule has 2 heteroatoms. The molecule has 26 heavy (non-hydrogen) atoms. The molecule has 3 aromatic rings. The minimum Gasteiger partial charge on any atom is -0.306 e. The van der Waals surface area contributed by atoms with Crippen LogP contribution in [-0.2, 0) is 0 Å². The molecule has 1 nitrogen and oxygen atoms in total. The third-order valence-corrected chi connectivity index (χ3v) is 4.93. The lowest BCUT2D eigenvalue weighted by molar-refractivity contribution is 0.457. The Morgan fingerprint density at radius 1 is 0.769 bits per heavy atom. The quantitative estimate of drug-likeness (QED) is 0.473. The minimum atomic E-state index is 0.914. The zero-order valence-electron chi connectivity index (χ0n) is 15.5. The molecule has 0 spiro atoms. The van der Waals surface area contributed by atoms with E-state index in [2.05, 4.69) is 121 Å². The first-order valence-corrected chi connectivity index (χ1v) is 9.60. The zero-order chi connectivity index (χ0) is 18.5. The maximum Gasteiger partial charge on any atom is 0.0175 e. The molecule has 0 aromatic heterocycles. The molecule has 0 saturated carbocycles.